The van der Waals surface area contributed by atoms with Crippen LogP contribution in [0.4, 0.5) is 5.95 Å². The number of nitrogens with zero attached hydrogens (tertiary/aromatic N) is 7. The second-order valence-corrected chi connectivity index (χ2v) is 8.46. The number of nitrogen functional groups attached to an aromatic ring is 1. The lowest BCUT2D eigenvalue weighted by molar-refractivity contribution is -0.0564. The van der Waals surface area contributed by atoms with Gasteiger partial charge >= 0.3 is 7.60 Å². The third-order valence-electron chi connectivity index (χ3n) is 4.61. The van der Waals surface area contributed by atoms with E-state index in [-0.39, 0.29) is 18.4 Å². The fourth-order valence-electron chi connectivity index (χ4n) is 3.41. The summed E-state index contributed by atoms with van der Waals surface area (Å²) in [6.45, 7) is 3.05. The van der Waals surface area contributed by atoms with E-state index in [9.17, 15) is 4.57 Å². The molecule has 2 N–H and O–H groups in total. The van der Waals surface area contributed by atoms with Crippen LogP contribution in [0, 0.1) is 0 Å². The van der Waals surface area contributed by atoms with Crippen molar-refractivity contribution in [2.45, 2.75) is 30.9 Å². The number of fused-ring (bicyclic) bond motifs is 2. The molecule has 2 saturated heterocycles. The number of ether oxygens (including phenoxy) is 2. The molecule has 2 aromatic rings. The highest BCUT2D eigenvalue weighted by Crippen LogP contribution is 2.56. The molecule has 13 nitrogen and oxygen atoms in total. The molecule has 0 radical (unpaired) electrons. The molecule has 0 saturated carbocycles. The van der Waals surface area contributed by atoms with Gasteiger partial charge in [-0.1, -0.05) is 5.11 Å². The Morgan fingerprint density at radius 1 is 1.56 bits per heavy atom. The van der Waals surface area contributed by atoms with E-state index in [1.165, 1.54) is 20.1 Å². The zero-order chi connectivity index (χ0) is 19.4. The van der Waals surface area contributed by atoms with Crippen molar-refractivity contribution in [3.8, 4) is 5.88 Å². The predicted octanol–water partition coefficient (Wildman–Crippen LogP) is 1.62. The van der Waals surface area contributed by atoms with Crippen LogP contribution in [0.3, 0.4) is 0 Å². The van der Waals surface area contributed by atoms with Crippen LogP contribution in [0.15, 0.2) is 11.4 Å². The van der Waals surface area contributed by atoms with Crippen molar-refractivity contribution in [1.82, 2.24) is 19.5 Å². The summed E-state index contributed by atoms with van der Waals surface area (Å²) in [4.78, 5) is 15.4. The standard InChI is InChI=1S/C13H17N8O5P/c1-13(19-20-15)8-6(4-24-27(3,22)26-8)25-11(13)21-5-16-7-9(21)17-12(14)18-10(7)23-2/h5-6,8,11H,4H2,1-3H3,(H2,14,17,18)/t6-,8-,11-,13-,27?/m1/s1. The number of azide groups is 1. The zero-order valence-corrected chi connectivity index (χ0v) is 15.6. The first kappa shape index (κ1) is 18.0. The summed E-state index contributed by atoms with van der Waals surface area (Å²) in [6, 6.07) is 0. The molecule has 27 heavy (non-hydrogen) atoms. The lowest BCUT2D eigenvalue weighted by atomic mass is 9.93. The number of rotatable bonds is 3. The van der Waals surface area contributed by atoms with Crippen molar-refractivity contribution >= 4 is 24.7 Å². The van der Waals surface area contributed by atoms with Gasteiger partial charge in [0.25, 0.3) is 0 Å². The van der Waals surface area contributed by atoms with E-state index in [1.807, 2.05) is 0 Å². The normalized spacial score (nSPS) is 35.6. The van der Waals surface area contributed by atoms with Gasteiger partial charge in [-0.25, -0.2) is 4.98 Å². The third-order valence-corrected chi connectivity index (χ3v) is 5.84. The molecule has 2 fully saturated rings. The lowest BCUT2D eigenvalue weighted by Crippen LogP contribution is -2.46. The molecule has 0 aliphatic carbocycles. The van der Waals surface area contributed by atoms with Crippen LogP contribution in [0.2, 0.25) is 0 Å². The number of aromatic nitrogens is 4. The van der Waals surface area contributed by atoms with Gasteiger partial charge in [0.1, 0.15) is 17.7 Å². The van der Waals surface area contributed by atoms with E-state index in [0.717, 1.165) is 0 Å². The predicted molar refractivity (Wildman–Crippen MR) is 92.1 cm³/mol. The van der Waals surface area contributed by atoms with Crippen molar-refractivity contribution in [3.63, 3.8) is 0 Å². The van der Waals surface area contributed by atoms with Crippen LogP contribution in [-0.4, -0.2) is 57.6 Å². The number of hydrogen-bond acceptors (Lipinski definition) is 10. The third kappa shape index (κ3) is 2.71. The molecule has 0 aromatic carbocycles. The van der Waals surface area contributed by atoms with Crippen molar-refractivity contribution < 1.29 is 23.1 Å². The summed E-state index contributed by atoms with van der Waals surface area (Å²) < 4.78 is 35.9. The van der Waals surface area contributed by atoms with Crippen molar-refractivity contribution in [2.75, 3.05) is 26.1 Å². The van der Waals surface area contributed by atoms with Gasteiger partial charge < -0.3 is 24.3 Å². The number of methoxy groups -OCH3 is 1. The maximum absolute atomic E-state index is 12.3. The highest BCUT2D eigenvalue weighted by Gasteiger charge is 2.59. The van der Waals surface area contributed by atoms with Gasteiger partial charge in [-0.05, 0) is 12.5 Å². The van der Waals surface area contributed by atoms with Crippen LogP contribution >= 0.6 is 7.60 Å². The number of nitrogens with two attached hydrogens (primary N) is 1. The summed E-state index contributed by atoms with van der Waals surface area (Å²) in [5.41, 5.74) is 14.3. The molecule has 0 amide bonds. The fraction of sp³-hybridized carbons (Fsp3) is 0.615. The molecule has 4 rings (SSSR count). The van der Waals surface area contributed by atoms with Crippen molar-refractivity contribution in [3.05, 3.63) is 16.8 Å². The minimum atomic E-state index is -3.29. The van der Waals surface area contributed by atoms with Crippen molar-refractivity contribution in [2.24, 2.45) is 5.11 Å². The van der Waals surface area contributed by atoms with Gasteiger partial charge in [0.05, 0.1) is 20.0 Å². The Labute approximate surface area is 152 Å². The zero-order valence-electron chi connectivity index (χ0n) is 14.7. The number of hydrogen-bond donors (Lipinski definition) is 1. The summed E-state index contributed by atoms with van der Waals surface area (Å²) in [7, 11) is -1.85. The lowest BCUT2D eigenvalue weighted by Gasteiger charge is -2.35. The van der Waals surface area contributed by atoms with E-state index >= 15 is 0 Å². The second kappa shape index (κ2) is 6.04. The summed E-state index contributed by atoms with van der Waals surface area (Å²) in [6.07, 6.45) is -0.762. The van der Waals surface area contributed by atoms with Crippen LogP contribution in [-0.2, 0) is 18.3 Å². The fourth-order valence-corrected chi connectivity index (χ4v) is 4.65. The molecule has 2 aromatic heterocycles. The molecule has 5 atom stereocenters. The molecule has 14 heteroatoms. The first-order valence-electron chi connectivity index (χ1n) is 7.95. The Balaban J connectivity index is 1.86. The van der Waals surface area contributed by atoms with Crippen LogP contribution < -0.4 is 10.5 Å². The SMILES string of the molecule is COc1nc(N)nc2c1ncn2[C@@H]1O[C@@H]2COP(C)(=O)O[C@H]2[C@@]1(C)N=[N+]=[N-]. The Morgan fingerprint density at radius 3 is 3.04 bits per heavy atom. The summed E-state index contributed by atoms with van der Waals surface area (Å²) in [5, 5.41) is 3.91. The van der Waals surface area contributed by atoms with E-state index in [4.69, 9.17) is 29.8 Å². The Morgan fingerprint density at radius 2 is 2.33 bits per heavy atom. The molecule has 144 valence electrons. The van der Waals surface area contributed by atoms with E-state index in [2.05, 4.69) is 25.0 Å². The molecule has 1 unspecified atom stereocenters. The largest absolute Gasteiger partial charge is 0.479 e. The van der Waals surface area contributed by atoms with Gasteiger partial charge in [0.2, 0.25) is 11.8 Å². The van der Waals surface area contributed by atoms with Gasteiger partial charge in [0, 0.05) is 11.6 Å². The summed E-state index contributed by atoms with van der Waals surface area (Å²) in [5.74, 6) is 0.189. The topological polar surface area (TPSA) is 172 Å². The van der Waals surface area contributed by atoms with E-state index < -0.39 is 31.6 Å². The van der Waals surface area contributed by atoms with Crippen LogP contribution in [0.1, 0.15) is 13.2 Å². The monoisotopic (exact) mass is 396 g/mol. The Hall–Kier alpha value is -2.43. The highest BCUT2D eigenvalue weighted by molar-refractivity contribution is 7.53. The maximum atomic E-state index is 12.3. The van der Waals surface area contributed by atoms with Crippen molar-refractivity contribution in [1.29, 1.82) is 0 Å². The molecule has 0 bridgehead atoms. The smallest absolute Gasteiger partial charge is 0.328 e. The molecule has 2 aliphatic rings. The van der Waals surface area contributed by atoms with Crippen LogP contribution in [0.25, 0.3) is 21.6 Å². The molecular weight excluding hydrogens is 379 g/mol. The Kier molecular flexibility index (Phi) is 4.02. The minimum Gasteiger partial charge on any atom is -0.479 e. The highest BCUT2D eigenvalue weighted by atomic mass is 31.2. The maximum Gasteiger partial charge on any atom is 0.328 e. The van der Waals surface area contributed by atoms with Gasteiger partial charge in [-0.15, -0.1) is 0 Å². The number of anilines is 1. The molecule has 4 heterocycles. The minimum absolute atomic E-state index is 0.0142. The van der Waals surface area contributed by atoms with Gasteiger partial charge in [0.15, 0.2) is 17.4 Å². The first-order valence-corrected chi connectivity index (χ1v) is 9.94. The van der Waals surface area contributed by atoms with Gasteiger partial charge in [-0.3, -0.25) is 9.13 Å². The molecular formula is C13H17N8O5P. The molecule has 0 spiro atoms. The summed E-state index contributed by atoms with van der Waals surface area (Å²) >= 11 is 0. The van der Waals surface area contributed by atoms with E-state index in [1.54, 1.807) is 11.5 Å². The van der Waals surface area contributed by atoms with Crippen LogP contribution in [0.5, 0.6) is 5.88 Å². The van der Waals surface area contributed by atoms with E-state index in [0.29, 0.717) is 11.2 Å². The second-order valence-electron chi connectivity index (χ2n) is 6.45. The first-order chi connectivity index (χ1) is 12.8. The Bertz CT molecular complexity index is 1010. The average Bonchev–Trinajstić information content (AvgIpc) is 3.13. The quantitative estimate of drug-likeness (QED) is 0.350. The molecule has 2 aliphatic heterocycles. The number of imidazole rings is 1. The van der Waals surface area contributed by atoms with Gasteiger partial charge in [-0.2, -0.15) is 9.97 Å². The average molecular weight is 396 g/mol.